The zero-order chi connectivity index (χ0) is 25.7. The number of carboxylic acids is 1. The van der Waals surface area contributed by atoms with E-state index < -0.39 is 5.97 Å². The highest BCUT2D eigenvalue weighted by Crippen LogP contribution is 2.29. The van der Waals surface area contributed by atoms with Crippen molar-refractivity contribution in [3.05, 3.63) is 59.9 Å². The Balaban J connectivity index is 1.33. The van der Waals surface area contributed by atoms with Crippen LogP contribution < -0.4 is 19.8 Å². The van der Waals surface area contributed by atoms with Crippen molar-refractivity contribution in [2.75, 3.05) is 69.7 Å². The number of piperidine rings is 1. The molecule has 0 aliphatic carbocycles. The molecule has 194 valence electrons. The molecule has 2 saturated heterocycles. The summed E-state index contributed by atoms with van der Waals surface area (Å²) in [5.74, 6) is -1.04. The Morgan fingerprint density at radius 2 is 1.67 bits per heavy atom. The zero-order valence-corrected chi connectivity index (χ0v) is 21.3. The Morgan fingerprint density at radius 3 is 2.28 bits per heavy atom. The van der Waals surface area contributed by atoms with Crippen LogP contribution in [-0.4, -0.2) is 76.7 Å². The number of aliphatic carboxylic acids is 1. The maximum absolute atomic E-state index is 13.2. The standard InChI is InChI=1S/C28H37FN4O3/c1-30(2)25-7-3-21(4-8-25)28(36)33-14-12-22(19-27(34)35)23(20-33)11-13-31-15-17-32(18-16-31)26-9-5-24(29)6-10-26/h3-10,22-23H,11-20H2,1-2H3,(H,34,35)/t22-,23-/m0/s1. The second kappa shape index (κ2) is 11.7. The number of carbonyl (C=O) groups excluding carboxylic acids is 2. The van der Waals surface area contributed by atoms with Gasteiger partial charge in [-0.15, -0.1) is 0 Å². The minimum absolute atomic E-state index is 0.0115. The SMILES string of the molecule is CN(C)c1ccc(C(=O)N2CC[C@@H](CC(=O)[O-])[C@@H](CC[NH+]3CCN(c4ccc(F)cc4)CC3)C2)cc1. The fraction of sp³-hybridized carbons (Fsp3) is 0.500. The van der Waals surface area contributed by atoms with Crippen molar-refractivity contribution >= 4 is 23.3 Å². The Morgan fingerprint density at radius 1 is 1.00 bits per heavy atom. The Bertz CT molecular complexity index is 1020. The Labute approximate surface area is 213 Å². The number of carbonyl (C=O) groups is 2. The number of rotatable bonds is 8. The van der Waals surface area contributed by atoms with Gasteiger partial charge in [0.15, 0.2) is 0 Å². The molecule has 2 heterocycles. The van der Waals surface area contributed by atoms with Gasteiger partial charge in [0.25, 0.3) is 5.91 Å². The predicted molar refractivity (Wildman–Crippen MR) is 137 cm³/mol. The summed E-state index contributed by atoms with van der Waals surface area (Å²) in [6, 6.07) is 14.3. The van der Waals surface area contributed by atoms with Gasteiger partial charge in [-0.2, -0.15) is 0 Å². The molecule has 0 spiro atoms. The number of carboxylic acid groups (broad SMARTS) is 1. The molecule has 0 aromatic heterocycles. The van der Waals surface area contributed by atoms with E-state index in [-0.39, 0.29) is 30.0 Å². The lowest BCUT2D eigenvalue weighted by Gasteiger charge is -2.40. The van der Waals surface area contributed by atoms with E-state index in [4.69, 9.17) is 0 Å². The highest BCUT2D eigenvalue weighted by molar-refractivity contribution is 5.94. The molecule has 2 aliphatic heterocycles. The highest BCUT2D eigenvalue weighted by atomic mass is 19.1. The summed E-state index contributed by atoms with van der Waals surface area (Å²) in [6.07, 6.45) is 1.62. The van der Waals surface area contributed by atoms with Crippen molar-refractivity contribution < 1.29 is 24.0 Å². The summed E-state index contributed by atoms with van der Waals surface area (Å²) in [5.41, 5.74) is 2.75. The Kier molecular flexibility index (Phi) is 8.46. The maximum Gasteiger partial charge on any atom is 0.253 e. The summed E-state index contributed by atoms with van der Waals surface area (Å²) in [5, 5.41) is 11.4. The van der Waals surface area contributed by atoms with Crippen LogP contribution in [0.15, 0.2) is 48.5 Å². The van der Waals surface area contributed by atoms with Crippen LogP contribution in [0.4, 0.5) is 15.8 Å². The Hall–Kier alpha value is -3.13. The third-order valence-electron chi connectivity index (χ3n) is 7.77. The molecule has 0 unspecified atom stereocenters. The highest BCUT2D eigenvalue weighted by Gasteiger charge is 2.33. The van der Waals surface area contributed by atoms with Gasteiger partial charge < -0.3 is 29.5 Å². The molecule has 2 atom stereocenters. The number of hydrogen-bond donors (Lipinski definition) is 1. The fourth-order valence-electron chi connectivity index (χ4n) is 5.53. The molecule has 0 radical (unpaired) electrons. The smallest absolute Gasteiger partial charge is 0.253 e. The average Bonchev–Trinajstić information content (AvgIpc) is 2.88. The number of piperazine rings is 1. The number of likely N-dealkylation sites (tertiary alicyclic amines) is 1. The summed E-state index contributed by atoms with van der Waals surface area (Å²) < 4.78 is 13.2. The van der Waals surface area contributed by atoms with Crippen LogP contribution in [0, 0.1) is 17.7 Å². The average molecular weight is 497 g/mol. The van der Waals surface area contributed by atoms with Crippen molar-refractivity contribution in [1.29, 1.82) is 0 Å². The summed E-state index contributed by atoms with van der Waals surface area (Å²) in [6.45, 7) is 5.88. The first-order chi connectivity index (χ1) is 17.3. The van der Waals surface area contributed by atoms with Gasteiger partial charge in [0.2, 0.25) is 0 Å². The monoisotopic (exact) mass is 496 g/mol. The molecule has 7 nitrogen and oxygen atoms in total. The largest absolute Gasteiger partial charge is 0.550 e. The van der Waals surface area contributed by atoms with Gasteiger partial charge >= 0.3 is 0 Å². The molecule has 2 aliphatic rings. The number of amides is 1. The molecular weight excluding hydrogens is 459 g/mol. The van der Waals surface area contributed by atoms with E-state index in [0.29, 0.717) is 25.1 Å². The number of hydrogen-bond acceptors (Lipinski definition) is 5. The van der Waals surface area contributed by atoms with Gasteiger partial charge in [-0.25, -0.2) is 4.39 Å². The van der Waals surface area contributed by atoms with Crippen molar-refractivity contribution in [2.45, 2.75) is 19.3 Å². The third kappa shape index (κ3) is 6.55. The van der Waals surface area contributed by atoms with Crippen LogP contribution in [-0.2, 0) is 4.79 Å². The lowest BCUT2D eigenvalue weighted by Crippen LogP contribution is -3.15. The second-order valence-corrected chi connectivity index (χ2v) is 10.3. The third-order valence-corrected chi connectivity index (χ3v) is 7.77. The summed E-state index contributed by atoms with van der Waals surface area (Å²) in [7, 11) is 3.93. The van der Waals surface area contributed by atoms with Crippen LogP contribution in [0.25, 0.3) is 0 Å². The van der Waals surface area contributed by atoms with Crippen LogP contribution in [0.2, 0.25) is 0 Å². The molecule has 2 aromatic rings. The summed E-state index contributed by atoms with van der Waals surface area (Å²) >= 11 is 0. The van der Waals surface area contributed by atoms with Gasteiger partial charge in [0, 0.05) is 56.5 Å². The van der Waals surface area contributed by atoms with Crippen LogP contribution in [0.3, 0.4) is 0 Å². The number of halogens is 1. The van der Waals surface area contributed by atoms with Gasteiger partial charge in [0.1, 0.15) is 5.82 Å². The number of quaternary nitrogens is 1. The molecule has 1 amide bonds. The minimum atomic E-state index is -1.01. The molecule has 8 heteroatoms. The van der Waals surface area contributed by atoms with Crippen LogP contribution >= 0.6 is 0 Å². The predicted octanol–water partition coefficient (Wildman–Crippen LogP) is 0.905. The molecule has 0 saturated carbocycles. The maximum atomic E-state index is 13.2. The van der Waals surface area contributed by atoms with E-state index in [9.17, 15) is 19.1 Å². The zero-order valence-electron chi connectivity index (χ0n) is 21.3. The molecule has 4 rings (SSSR count). The number of benzene rings is 2. The quantitative estimate of drug-likeness (QED) is 0.588. The van der Waals surface area contributed by atoms with Crippen molar-refractivity contribution in [2.24, 2.45) is 11.8 Å². The second-order valence-electron chi connectivity index (χ2n) is 10.3. The molecule has 2 fully saturated rings. The number of nitrogens with one attached hydrogen (secondary N) is 1. The van der Waals surface area contributed by atoms with Crippen LogP contribution in [0.1, 0.15) is 29.6 Å². The van der Waals surface area contributed by atoms with E-state index in [1.54, 1.807) is 0 Å². The van der Waals surface area contributed by atoms with E-state index in [1.807, 2.05) is 60.3 Å². The topological polar surface area (TPSA) is 71.4 Å². The molecule has 2 aromatic carbocycles. The van der Waals surface area contributed by atoms with Crippen molar-refractivity contribution in [3.8, 4) is 0 Å². The van der Waals surface area contributed by atoms with E-state index in [2.05, 4.69) is 4.90 Å². The first-order valence-corrected chi connectivity index (χ1v) is 12.9. The lowest BCUT2D eigenvalue weighted by atomic mass is 9.81. The van der Waals surface area contributed by atoms with E-state index >= 15 is 0 Å². The van der Waals surface area contributed by atoms with Gasteiger partial charge in [-0.3, -0.25) is 4.79 Å². The van der Waals surface area contributed by atoms with Gasteiger partial charge in [-0.1, -0.05) is 0 Å². The van der Waals surface area contributed by atoms with Crippen molar-refractivity contribution in [3.63, 3.8) is 0 Å². The van der Waals surface area contributed by atoms with E-state index in [0.717, 1.165) is 50.5 Å². The first-order valence-electron chi connectivity index (χ1n) is 12.9. The molecule has 0 bridgehead atoms. The summed E-state index contributed by atoms with van der Waals surface area (Å²) in [4.78, 5) is 32.3. The van der Waals surface area contributed by atoms with Gasteiger partial charge in [0.05, 0.1) is 32.7 Å². The molecule has 36 heavy (non-hydrogen) atoms. The number of anilines is 2. The van der Waals surface area contributed by atoms with E-state index in [1.165, 1.54) is 17.0 Å². The molecular formula is C28H37FN4O3. The lowest BCUT2D eigenvalue weighted by molar-refractivity contribution is -0.901. The normalized spacial score (nSPS) is 20.9. The number of nitrogens with zero attached hydrogens (tertiary/aromatic N) is 3. The van der Waals surface area contributed by atoms with Crippen LogP contribution in [0.5, 0.6) is 0 Å². The van der Waals surface area contributed by atoms with Crippen molar-refractivity contribution in [1.82, 2.24) is 4.90 Å². The molecule has 1 N–H and O–H groups in total. The first kappa shape index (κ1) is 25.9. The van der Waals surface area contributed by atoms with Gasteiger partial charge in [-0.05, 0) is 73.2 Å². The minimum Gasteiger partial charge on any atom is -0.550 e. The fourth-order valence-corrected chi connectivity index (χ4v) is 5.53.